The minimum Gasteiger partial charge on any atom is -0.341 e. The van der Waals surface area contributed by atoms with E-state index >= 15 is 0 Å². The molecule has 2 aromatic rings. The number of nitrogens with one attached hydrogen (secondary N) is 2. The molecule has 22 heavy (non-hydrogen) atoms. The van der Waals surface area contributed by atoms with Crippen LogP contribution in [0.3, 0.4) is 0 Å². The lowest BCUT2D eigenvalue weighted by Crippen LogP contribution is -2.45. The fourth-order valence-corrected chi connectivity index (χ4v) is 2.92. The third-order valence-electron chi connectivity index (χ3n) is 4.23. The molecule has 0 bridgehead atoms. The van der Waals surface area contributed by atoms with Crippen molar-refractivity contribution in [3.05, 3.63) is 34.7 Å². The predicted molar refractivity (Wildman–Crippen MR) is 88.5 cm³/mol. The predicted octanol–water partition coefficient (Wildman–Crippen LogP) is 0.962. The van der Waals surface area contributed by atoms with Crippen LogP contribution in [0.4, 0.5) is 0 Å². The van der Waals surface area contributed by atoms with Gasteiger partial charge in [-0.3, -0.25) is 9.36 Å². The minimum absolute atomic E-state index is 0. The molecule has 0 saturated carbocycles. The van der Waals surface area contributed by atoms with E-state index in [2.05, 4.69) is 10.3 Å². The van der Waals surface area contributed by atoms with Crippen molar-refractivity contribution in [1.82, 2.24) is 19.8 Å². The molecule has 2 N–H and O–H groups in total. The van der Waals surface area contributed by atoms with Gasteiger partial charge in [0.15, 0.2) is 0 Å². The number of amides is 1. The van der Waals surface area contributed by atoms with Gasteiger partial charge in [0.1, 0.15) is 6.54 Å². The number of para-hydroxylation sites is 2. The number of aromatic amines is 1. The highest BCUT2D eigenvalue weighted by Gasteiger charge is 2.22. The van der Waals surface area contributed by atoms with Crippen LogP contribution in [0, 0.1) is 0 Å². The van der Waals surface area contributed by atoms with E-state index in [0.29, 0.717) is 6.04 Å². The Bertz CT molecular complexity index is 701. The zero-order chi connectivity index (χ0) is 14.8. The standard InChI is InChI=1S/C15H20N4O2.ClH/c1-16-11-6-8-18(9-7-11)14(20)10-19-13-5-3-2-4-12(13)17-15(19)21;/h2-5,11,16H,6-10H2,1H3,(H,17,21);1H. The van der Waals surface area contributed by atoms with Gasteiger partial charge in [0.05, 0.1) is 11.0 Å². The lowest BCUT2D eigenvalue weighted by atomic mass is 10.1. The molecule has 0 atom stereocenters. The summed E-state index contributed by atoms with van der Waals surface area (Å²) in [5, 5.41) is 3.24. The summed E-state index contributed by atoms with van der Waals surface area (Å²) in [4.78, 5) is 29.0. The molecule has 2 heterocycles. The molecule has 1 aliphatic heterocycles. The molecule has 0 unspecified atom stereocenters. The van der Waals surface area contributed by atoms with Gasteiger partial charge in [-0.05, 0) is 32.0 Å². The van der Waals surface area contributed by atoms with Gasteiger partial charge in [0.2, 0.25) is 5.91 Å². The molecule has 0 spiro atoms. The quantitative estimate of drug-likeness (QED) is 0.883. The number of aromatic nitrogens is 2. The zero-order valence-electron chi connectivity index (χ0n) is 12.5. The van der Waals surface area contributed by atoms with E-state index in [-0.39, 0.29) is 30.5 Å². The fourth-order valence-electron chi connectivity index (χ4n) is 2.92. The number of hydrogen-bond acceptors (Lipinski definition) is 3. The minimum atomic E-state index is -0.227. The summed E-state index contributed by atoms with van der Waals surface area (Å²) in [7, 11) is 1.95. The molecule has 0 aliphatic carbocycles. The highest BCUT2D eigenvalue weighted by molar-refractivity contribution is 5.85. The molecule has 7 heteroatoms. The van der Waals surface area contributed by atoms with E-state index in [4.69, 9.17) is 0 Å². The number of carbonyl (C=O) groups is 1. The maximum atomic E-state index is 12.4. The normalized spacial score (nSPS) is 15.8. The summed E-state index contributed by atoms with van der Waals surface area (Å²) < 4.78 is 1.52. The number of nitrogens with zero attached hydrogens (tertiary/aromatic N) is 2. The molecule has 1 aromatic carbocycles. The molecule has 1 aromatic heterocycles. The number of fused-ring (bicyclic) bond motifs is 1. The molecule has 120 valence electrons. The summed E-state index contributed by atoms with van der Waals surface area (Å²) in [5.74, 6) is 0.0106. The molecule has 1 saturated heterocycles. The molecular weight excluding hydrogens is 304 g/mol. The van der Waals surface area contributed by atoms with Crippen molar-refractivity contribution in [2.75, 3.05) is 20.1 Å². The van der Waals surface area contributed by atoms with E-state index in [1.807, 2.05) is 36.2 Å². The Labute approximate surface area is 134 Å². The Balaban J connectivity index is 0.00000176. The number of imidazole rings is 1. The number of rotatable bonds is 3. The first-order chi connectivity index (χ1) is 10.2. The van der Waals surface area contributed by atoms with Gasteiger partial charge >= 0.3 is 5.69 Å². The SMILES string of the molecule is CNC1CCN(C(=O)Cn2c(=O)[nH]c3ccccc32)CC1.Cl. The summed E-state index contributed by atoms with van der Waals surface area (Å²) in [5.41, 5.74) is 1.32. The monoisotopic (exact) mass is 324 g/mol. The van der Waals surface area contributed by atoms with E-state index in [9.17, 15) is 9.59 Å². The van der Waals surface area contributed by atoms with E-state index in [1.54, 1.807) is 0 Å². The van der Waals surface area contributed by atoms with Crippen LogP contribution in [0.25, 0.3) is 11.0 Å². The van der Waals surface area contributed by atoms with Crippen LogP contribution in [0.1, 0.15) is 12.8 Å². The van der Waals surface area contributed by atoms with Crippen LogP contribution < -0.4 is 11.0 Å². The zero-order valence-corrected chi connectivity index (χ0v) is 13.4. The molecule has 1 fully saturated rings. The number of carbonyl (C=O) groups excluding carboxylic acids is 1. The Hall–Kier alpha value is -1.79. The van der Waals surface area contributed by atoms with E-state index in [0.717, 1.165) is 37.0 Å². The molecule has 1 amide bonds. The third-order valence-corrected chi connectivity index (χ3v) is 4.23. The third kappa shape index (κ3) is 3.18. The van der Waals surface area contributed by atoms with Crippen LogP contribution in [0.15, 0.2) is 29.1 Å². The van der Waals surface area contributed by atoms with Crippen LogP contribution in [-0.2, 0) is 11.3 Å². The van der Waals surface area contributed by atoms with Crippen LogP contribution in [-0.4, -0.2) is 46.5 Å². The average Bonchev–Trinajstić information content (AvgIpc) is 2.83. The van der Waals surface area contributed by atoms with Crippen molar-refractivity contribution >= 4 is 29.3 Å². The van der Waals surface area contributed by atoms with E-state index in [1.165, 1.54) is 4.57 Å². The second-order valence-electron chi connectivity index (χ2n) is 5.48. The maximum absolute atomic E-state index is 12.4. The highest BCUT2D eigenvalue weighted by atomic mass is 35.5. The van der Waals surface area contributed by atoms with Gasteiger partial charge in [0, 0.05) is 19.1 Å². The summed E-state index contributed by atoms with van der Waals surface area (Å²) >= 11 is 0. The number of likely N-dealkylation sites (tertiary alicyclic amines) is 1. The van der Waals surface area contributed by atoms with Crippen LogP contribution in [0.5, 0.6) is 0 Å². The Morgan fingerprint density at radius 2 is 2.00 bits per heavy atom. The van der Waals surface area contributed by atoms with Crippen molar-refractivity contribution in [3.8, 4) is 0 Å². The lowest BCUT2D eigenvalue weighted by molar-refractivity contribution is -0.132. The Morgan fingerprint density at radius 3 is 2.68 bits per heavy atom. The van der Waals surface area contributed by atoms with Crippen LogP contribution in [0.2, 0.25) is 0 Å². The maximum Gasteiger partial charge on any atom is 0.326 e. The largest absolute Gasteiger partial charge is 0.341 e. The van der Waals surface area contributed by atoms with Gasteiger partial charge in [-0.2, -0.15) is 0 Å². The Kier molecular flexibility index (Phi) is 5.26. The first-order valence-electron chi connectivity index (χ1n) is 7.31. The second-order valence-corrected chi connectivity index (χ2v) is 5.48. The molecule has 0 radical (unpaired) electrons. The average molecular weight is 325 g/mol. The summed E-state index contributed by atoms with van der Waals surface area (Å²) in [6, 6.07) is 7.93. The van der Waals surface area contributed by atoms with Gasteiger partial charge in [0.25, 0.3) is 0 Å². The van der Waals surface area contributed by atoms with Crippen molar-refractivity contribution in [2.24, 2.45) is 0 Å². The number of halogens is 1. The van der Waals surface area contributed by atoms with Gasteiger partial charge in [-0.25, -0.2) is 4.79 Å². The first-order valence-corrected chi connectivity index (χ1v) is 7.31. The van der Waals surface area contributed by atoms with Crippen molar-refractivity contribution in [1.29, 1.82) is 0 Å². The van der Waals surface area contributed by atoms with Gasteiger partial charge < -0.3 is 15.2 Å². The highest BCUT2D eigenvalue weighted by Crippen LogP contribution is 2.12. The lowest BCUT2D eigenvalue weighted by Gasteiger charge is -2.31. The number of H-pyrrole nitrogens is 1. The second kappa shape index (κ2) is 6.98. The van der Waals surface area contributed by atoms with E-state index < -0.39 is 0 Å². The Morgan fingerprint density at radius 1 is 1.32 bits per heavy atom. The van der Waals surface area contributed by atoms with Crippen molar-refractivity contribution in [2.45, 2.75) is 25.4 Å². The smallest absolute Gasteiger partial charge is 0.326 e. The van der Waals surface area contributed by atoms with Crippen LogP contribution >= 0.6 is 12.4 Å². The van der Waals surface area contributed by atoms with Gasteiger partial charge in [-0.15, -0.1) is 12.4 Å². The summed E-state index contributed by atoms with van der Waals surface area (Å²) in [6.07, 6.45) is 1.93. The first kappa shape index (κ1) is 16.6. The molecular formula is C15H21ClN4O2. The fraction of sp³-hybridized carbons (Fsp3) is 0.467. The van der Waals surface area contributed by atoms with Crippen molar-refractivity contribution < 1.29 is 4.79 Å². The summed E-state index contributed by atoms with van der Waals surface area (Å²) in [6.45, 7) is 1.61. The number of piperidine rings is 1. The molecule has 6 nitrogen and oxygen atoms in total. The van der Waals surface area contributed by atoms with Gasteiger partial charge in [-0.1, -0.05) is 12.1 Å². The topological polar surface area (TPSA) is 70.1 Å². The molecule has 1 aliphatic rings. The number of benzene rings is 1. The number of hydrogen-bond donors (Lipinski definition) is 2. The molecule has 3 rings (SSSR count). The van der Waals surface area contributed by atoms with Crippen molar-refractivity contribution in [3.63, 3.8) is 0 Å².